The van der Waals surface area contributed by atoms with Gasteiger partial charge >= 0.3 is 6.09 Å². The van der Waals surface area contributed by atoms with Crippen LogP contribution in [-0.2, 0) is 29.0 Å². The molecule has 1 aromatic carbocycles. The smallest absolute Gasteiger partial charge is 0.408 e. The molecule has 0 bridgehead atoms. The highest BCUT2D eigenvalue weighted by molar-refractivity contribution is 5.85. The Morgan fingerprint density at radius 1 is 1.17 bits per heavy atom. The Balaban J connectivity index is 1.49. The Labute approximate surface area is 177 Å². The third-order valence-electron chi connectivity index (χ3n) is 4.86. The first-order valence-electron chi connectivity index (χ1n) is 10.2. The van der Waals surface area contributed by atoms with Crippen LogP contribution in [0.5, 0.6) is 0 Å². The Morgan fingerprint density at radius 2 is 1.90 bits per heavy atom. The van der Waals surface area contributed by atoms with Crippen molar-refractivity contribution < 1.29 is 14.3 Å². The molecule has 0 spiro atoms. The molecule has 1 aromatic heterocycles. The van der Waals surface area contributed by atoms with Gasteiger partial charge in [-0.3, -0.25) is 4.79 Å². The van der Waals surface area contributed by atoms with Crippen LogP contribution in [-0.4, -0.2) is 35.2 Å². The highest BCUT2D eigenvalue weighted by Gasteiger charge is 2.21. The van der Waals surface area contributed by atoms with E-state index in [0.717, 1.165) is 30.9 Å². The first kappa shape index (κ1) is 21.6. The van der Waals surface area contributed by atoms with E-state index in [-0.39, 0.29) is 5.91 Å². The van der Waals surface area contributed by atoms with E-state index in [0.29, 0.717) is 6.54 Å². The molecule has 2 N–H and O–H groups in total. The summed E-state index contributed by atoms with van der Waals surface area (Å²) in [6.45, 7) is 9.08. The van der Waals surface area contributed by atoms with Gasteiger partial charge in [0.25, 0.3) is 0 Å². The van der Waals surface area contributed by atoms with Gasteiger partial charge in [-0.25, -0.2) is 9.78 Å². The number of alkyl carbamates (subject to hydrolysis) is 1. The summed E-state index contributed by atoms with van der Waals surface area (Å²) < 4.78 is 5.17. The Morgan fingerprint density at radius 3 is 2.57 bits per heavy atom. The molecule has 0 aliphatic carbocycles. The minimum Gasteiger partial charge on any atom is -0.444 e. The van der Waals surface area contributed by atoms with E-state index >= 15 is 0 Å². The average molecular weight is 411 g/mol. The van der Waals surface area contributed by atoms with E-state index in [1.165, 1.54) is 11.1 Å². The normalized spacial score (nSPS) is 14.5. The number of ether oxygens (including phenoxy) is 1. The highest BCUT2D eigenvalue weighted by atomic mass is 16.6. The lowest BCUT2D eigenvalue weighted by Gasteiger charge is -2.29. The summed E-state index contributed by atoms with van der Waals surface area (Å²) in [5, 5.41) is 5.35. The second-order valence-corrected chi connectivity index (χ2v) is 8.55. The Hall–Kier alpha value is -3.09. The van der Waals surface area contributed by atoms with Crippen LogP contribution in [0.1, 0.15) is 44.4 Å². The van der Waals surface area contributed by atoms with Gasteiger partial charge in [0.15, 0.2) is 0 Å². The average Bonchev–Trinajstić information content (AvgIpc) is 2.70. The maximum atomic E-state index is 12.2. The maximum Gasteiger partial charge on any atom is 0.408 e. The number of hydrogen-bond acceptors (Lipinski definition) is 5. The van der Waals surface area contributed by atoms with Crippen molar-refractivity contribution in [2.75, 3.05) is 11.4 Å². The van der Waals surface area contributed by atoms with Crippen molar-refractivity contribution in [2.45, 2.75) is 58.8 Å². The third-order valence-corrected chi connectivity index (χ3v) is 4.86. The van der Waals surface area contributed by atoms with Gasteiger partial charge in [0, 0.05) is 25.8 Å². The minimum atomic E-state index is -0.694. The van der Waals surface area contributed by atoms with Gasteiger partial charge in [-0.15, -0.1) is 0 Å². The van der Waals surface area contributed by atoms with Crippen molar-refractivity contribution in [3.63, 3.8) is 0 Å². The second-order valence-electron chi connectivity index (χ2n) is 8.55. The van der Waals surface area contributed by atoms with Crippen molar-refractivity contribution in [3.05, 3.63) is 59.3 Å². The molecule has 0 saturated heterocycles. The lowest BCUT2D eigenvalue weighted by atomic mass is 10.00. The van der Waals surface area contributed by atoms with Gasteiger partial charge in [0.1, 0.15) is 17.5 Å². The fourth-order valence-corrected chi connectivity index (χ4v) is 3.29. The van der Waals surface area contributed by atoms with Crippen molar-refractivity contribution in [1.82, 2.24) is 15.6 Å². The molecule has 7 heteroatoms. The molecule has 2 heterocycles. The number of aromatic nitrogens is 1. The number of carbonyl (C=O) groups excluding carboxylic acids is 2. The van der Waals surface area contributed by atoms with E-state index in [2.05, 4.69) is 44.8 Å². The first-order chi connectivity index (χ1) is 14.2. The van der Waals surface area contributed by atoms with E-state index in [4.69, 9.17) is 4.74 Å². The third kappa shape index (κ3) is 5.95. The van der Waals surface area contributed by atoms with Crippen LogP contribution in [0.2, 0.25) is 0 Å². The number of hydrogen-bond donors (Lipinski definition) is 2. The van der Waals surface area contributed by atoms with Crippen LogP contribution in [0, 0.1) is 0 Å². The quantitative estimate of drug-likeness (QED) is 0.791. The molecule has 0 radical (unpaired) electrons. The van der Waals surface area contributed by atoms with E-state index < -0.39 is 17.7 Å². The van der Waals surface area contributed by atoms with Crippen LogP contribution in [0.4, 0.5) is 10.6 Å². The summed E-state index contributed by atoms with van der Waals surface area (Å²) in [6.07, 6.45) is 2.18. The molecule has 160 valence electrons. The number of pyridine rings is 1. The zero-order valence-electron chi connectivity index (χ0n) is 18.1. The Kier molecular flexibility index (Phi) is 6.59. The lowest BCUT2D eigenvalue weighted by Crippen LogP contribution is -2.46. The van der Waals surface area contributed by atoms with Crippen molar-refractivity contribution in [1.29, 1.82) is 0 Å². The number of carbonyl (C=O) groups is 2. The molecule has 1 aliphatic heterocycles. The molecule has 1 aliphatic rings. The lowest BCUT2D eigenvalue weighted by molar-refractivity contribution is -0.122. The van der Waals surface area contributed by atoms with E-state index in [1.807, 2.05) is 12.1 Å². The van der Waals surface area contributed by atoms with Gasteiger partial charge in [-0.2, -0.15) is 0 Å². The maximum absolute atomic E-state index is 12.2. The van der Waals surface area contributed by atoms with E-state index in [1.54, 1.807) is 33.9 Å². The monoisotopic (exact) mass is 410 g/mol. The standard InChI is InChI=1S/C23H30N4O3/c1-16(26-22(29)30-23(2,3)4)21(28)25-14-17-9-10-20(24-13-17)27-12-11-18-7-5-6-8-19(18)15-27/h5-10,13,16H,11-12,14-15H2,1-4H3,(H,25,28)(H,26,29)/t16-/m1/s1. The number of anilines is 1. The zero-order chi connectivity index (χ0) is 21.7. The second kappa shape index (κ2) is 9.15. The first-order valence-corrected chi connectivity index (χ1v) is 10.2. The molecule has 1 atom stereocenters. The fraction of sp³-hybridized carbons (Fsp3) is 0.435. The summed E-state index contributed by atoms with van der Waals surface area (Å²) >= 11 is 0. The van der Waals surface area contributed by atoms with Crippen LogP contribution in [0.15, 0.2) is 42.6 Å². The van der Waals surface area contributed by atoms with Crippen molar-refractivity contribution >= 4 is 17.8 Å². The molecular weight excluding hydrogens is 380 g/mol. The summed E-state index contributed by atoms with van der Waals surface area (Å²) in [6, 6.07) is 11.8. The highest BCUT2D eigenvalue weighted by Crippen LogP contribution is 2.22. The van der Waals surface area contributed by atoms with Gasteiger partial charge < -0.3 is 20.3 Å². The molecule has 30 heavy (non-hydrogen) atoms. The summed E-state index contributed by atoms with van der Waals surface area (Å²) in [4.78, 5) is 30.9. The minimum absolute atomic E-state index is 0.280. The zero-order valence-corrected chi connectivity index (χ0v) is 18.1. The molecule has 2 amide bonds. The van der Waals surface area contributed by atoms with Crippen LogP contribution >= 0.6 is 0 Å². The Bertz CT molecular complexity index is 890. The number of nitrogens with zero attached hydrogens (tertiary/aromatic N) is 2. The molecule has 0 fully saturated rings. The molecule has 2 aromatic rings. The van der Waals surface area contributed by atoms with Crippen LogP contribution < -0.4 is 15.5 Å². The molecule has 0 saturated carbocycles. The van der Waals surface area contributed by atoms with Gasteiger partial charge in [-0.05, 0) is 56.9 Å². The van der Waals surface area contributed by atoms with Crippen molar-refractivity contribution in [2.24, 2.45) is 0 Å². The summed E-state index contributed by atoms with van der Waals surface area (Å²) in [7, 11) is 0. The topological polar surface area (TPSA) is 83.6 Å². The van der Waals surface area contributed by atoms with Gasteiger partial charge in [-0.1, -0.05) is 30.3 Å². The predicted octanol–water partition coefficient (Wildman–Crippen LogP) is 3.17. The largest absolute Gasteiger partial charge is 0.444 e. The number of benzene rings is 1. The molecule has 7 nitrogen and oxygen atoms in total. The SMILES string of the molecule is C[C@@H](NC(=O)OC(C)(C)C)C(=O)NCc1ccc(N2CCc3ccccc3C2)nc1. The van der Waals surface area contributed by atoms with Crippen molar-refractivity contribution in [3.8, 4) is 0 Å². The number of amides is 2. The van der Waals surface area contributed by atoms with Crippen LogP contribution in [0.3, 0.4) is 0 Å². The predicted molar refractivity (Wildman–Crippen MR) is 116 cm³/mol. The van der Waals surface area contributed by atoms with Gasteiger partial charge in [0.05, 0.1) is 0 Å². The summed E-state index contributed by atoms with van der Waals surface area (Å²) in [5.41, 5.74) is 3.04. The number of fused-ring (bicyclic) bond motifs is 1. The van der Waals surface area contributed by atoms with Gasteiger partial charge in [0.2, 0.25) is 5.91 Å². The number of nitrogens with one attached hydrogen (secondary N) is 2. The number of rotatable bonds is 5. The molecule has 0 unspecified atom stereocenters. The molecule has 3 rings (SSSR count). The molecular formula is C23H30N4O3. The fourth-order valence-electron chi connectivity index (χ4n) is 3.29. The van der Waals surface area contributed by atoms with Crippen LogP contribution in [0.25, 0.3) is 0 Å². The summed E-state index contributed by atoms with van der Waals surface area (Å²) in [5.74, 6) is 0.650. The van der Waals surface area contributed by atoms with E-state index in [9.17, 15) is 9.59 Å².